The Kier molecular flexibility index (Phi) is 15.7. The summed E-state index contributed by atoms with van der Waals surface area (Å²) < 4.78 is 10.4. The van der Waals surface area contributed by atoms with Gasteiger partial charge in [-0.3, -0.25) is 0 Å². The maximum absolute atomic E-state index is 2.75. The van der Waals surface area contributed by atoms with Gasteiger partial charge in [0.1, 0.15) is 0 Å². The van der Waals surface area contributed by atoms with Crippen LogP contribution in [0.4, 0.5) is 68.2 Å². The van der Waals surface area contributed by atoms with E-state index in [1.54, 1.807) is 0 Å². The molecule has 0 bridgehead atoms. The van der Waals surface area contributed by atoms with E-state index in [9.17, 15) is 0 Å². The summed E-state index contributed by atoms with van der Waals surface area (Å²) >= 11 is 14.8. The third kappa shape index (κ3) is 9.76. The fourth-order valence-electron chi connectivity index (χ4n) is 19.3. The van der Waals surface area contributed by atoms with Gasteiger partial charge >= 0.3 is 0 Å². The summed E-state index contributed by atoms with van der Waals surface area (Å²) in [4.78, 5) is 11.0. The van der Waals surface area contributed by atoms with Crippen LogP contribution in [-0.4, -0.2) is 0 Å². The van der Waals surface area contributed by atoms with Crippen LogP contribution in [-0.2, 0) is 0 Å². The Morgan fingerprint density at radius 1 is 0.185 bits per heavy atom. The van der Waals surface area contributed by atoms with E-state index in [2.05, 4.69) is 307 Å². The highest BCUT2D eigenvalue weighted by molar-refractivity contribution is 7.19. The second kappa shape index (κ2) is 25.0. The van der Waals surface area contributed by atoms with Gasteiger partial charge in [-0.1, -0.05) is 24.3 Å². The van der Waals surface area contributed by atoms with E-state index < -0.39 is 0 Å². The Hall–Kier alpha value is -9.44. The van der Waals surface area contributed by atoms with Gasteiger partial charge in [0.05, 0.1) is 68.2 Å². The summed E-state index contributed by atoms with van der Waals surface area (Å²) in [5.41, 5.74) is 34.3. The molecule has 0 unspecified atom stereocenters. The molecule has 108 heavy (non-hydrogen) atoms. The van der Waals surface area contributed by atoms with Crippen LogP contribution in [0.5, 0.6) is 0 Å². The summed E-state index contributed by atoms with van der Waals surface area (Å²) in [6, 6.07) is 53.8. The predicted molar refractivity (Wildman–Crippen MR) is 488 cm³/mol. The summed E-state index contributed by atoms with van der Waals surface area (Å²) in [7, 11) is 0. The van der Waals surface area contributed by atoms with Gasteiger partial charge in [0.15, 0.2) is 0 Å². The smallest absolute Gasteiger partial charge is 0.0562 e. The first-order valence-electron chi connectivity index (χ1n) is 37.0. The van der Waals surface area contributed by atoms with Gasteiger partial charge in [-0.05, 0) is 395 Å². The average Bonchev–Trinajstić information content (AvgIpc) is 0.694. The number of aryl methyl sites for hydroxylation is 16. The van der Waals surface area contributed by atoms with Crippen molar-refractivity contribution in [3.05, 3.63) is 266 Å². The van der Waals surface area contributed by atoms with Crippen LogP contribution in [0.15, 0.2) is 177 Å². The van der Waals surface area contributed by atoms with Gasteiger partial charge in [0.25, 0.3) is 0 Å². The third-order valence-electron chi connectivity index (χ3n) is 23.8. The Morgan fingerprint density at radius 2 is 0.380 bits per heavy atom. The lowest BCUT2D eigenvalue weighted by Crippen LogP contribution is -2.20. The molecule has 12 aromatic carbocycles. The lowest BCUT2D eigenvalue weighted by atomic mass is 9.87. The molecule has 0 spiro atoms. The van der Waals surface area contributed by atoms with Crippen molar-refractivity contribution in [3.63, 3.8) is 0 Å². The molecular weight excluding hydrogens is 1470 g/mol. The SMILES string of the molecule is Cc1cc2sccc2c(C)c1N(c1c(C)cc2ccsc2c1C)c1cc(N(c2c(C)cc3sccc3c2C)c2c(C)cc3ccsc3c2C)c2ccc3c(N(c4c(C)cc5sccc5c4C)c4c(C)cc5ccsc5c4C)cc(N(c4c(C)cc5sccc5c4C)c4c(C)cc5ccsc5c4C)c4ccc1c2c43. The fraction of sp³-hybridized carbons (Fsp3) is 0.167. The van der Waals surface area contributed by atoms with Gasteiger partial charge < -0.3 is 19.6 Å². The predicted octanol–water partition coefficient (Wildman–Crippen LogP) is 33.1. The van der Waals surface area contributed by atoms with Gasteiger partial charge in [0.2, 0.25) is 0 Å². The number of benzene rings is 12. The van der Waals surface area contributed by atoms with E-state index in [-0.39, 0.29) is 0 Å². The third-order valence-corrected chi connectivity index (χ3v) is 31.5. The highest BCUT2D eigenvalue weighted by atomic mass is 32.1. The molecule has 0 atom stereocenters. The highest BCUT2D eigenvalue weighted by Crippen LogP contribution is 2.61. The molecule has 12 heteroatoms. The van der Waals surface area contributed by atoms with Gasteiger partial charge in [-0.25, -0.2) is 0 Å². The second-order valence-electron chi connectivity index (χ2n) is 30.3. The Balaban J connectivity index is 1.05. The zero-order chi connectivity index (χ0) is 74.0. The van der Waals surface area contributed by atoms with E-state index in [1.807, 2.05) is 90.7 Å². The molecular formula is C96H78N4S8. The summed E-state index contributed by atoms with van der Waals surface area (Å²) in [5, 5.41) is 35.7. The van der Waals surface area contributed by atoms with Crippen molar-refractivity contribution >= 4 is 272 Å². The van der Waals surface area contributed by atoms with E-state index in [1.165, 1.54) is 248 Å². The molecule has 0 N–H and O–H groups in total. The monoisotopic (exact) mass is 1540 g/mol. The first-order chi connectivity index (χ1) is 52.2. The van der Waals surface area contributed by atoms with E-state index in [4.69, 9.17) is 0 Å². The first kappa shape index (κ1) is 67.9. The van der Waals surface area contributed by atoms with Gasteiger partial charge in [-0.15, -0.1) is 90.7 Å². The minimum Gasteiger partial charge on any atom is -0.309 e. The van der Waals surface area contributed by atoms with Crippen LogP contribution in [0.2, 0.25) is 0 Å². The van der Waals surface area contributed by atoms with Crippen molar-refractivity contribution < 1.29 is 0 Å². The molecule has 0 amide bonds. The molecule has 530 valence electrons. The molecule has 0 saturated carbocycles. The molecule has 0 aliphatic carbocycles. The van der Waals surface area contributed by atoms with Crippen molar-refractivity contribution in [2.45, 2.75) is 111 Å². The van der Waals surface area contributed by atoms with Crippen molar-refractivity contribution in [3.8, 4) is 0 Å². The van der Waals surface area contributed by atoms with Crippen LogP contribution < -0.4 is 19.6 Å². The maximum atomic E-state index is 2.75. The number of nitrogens with zero attached hydrogens (tertiary/aromatic N) is 4. The van der Waals surface area contributed by atoms with Gasteiger partial charge in [-0.2, -0.15) is 0 Å². The molecule has 0 saturated heterocycles. The maximum Gasteiger partial charge on any atom is 0.0562 e. The average molecular weight is 1540 g/mol. The van der Waals surface area contributed by atoms with Crippen molar-refractivity contribution in [2.75, 3.05) is 19.6 Å². The topological polar surface area (TPSA) is 13.0 Å². The highest BCUT2D eigenvalue weighted by Gasteiger charge is 2.36. The molecule has 0 aliphatic heterocycles. The fourth-order valence-corrected chi connectivity index (χ4v) is 26.6. The van der Waals surface area contributed by atoms with Crippen LogP contribution >= 0.6 is 90.7 Å². The quantitative estimate of drug-likeness (QED) is 0.113. The van der Waals surface area contributed by atoms with E-state index >= 15 is 0 Å². The normalized spacial score (nSPS) is 12.3. The number of hydrogen-bond donors (Lipinski definition) is 0. The Bertz CT molecular complexity index is 6050. The van der Waals surface area contributed by atoms with Gasteiger partial charge in [0, 0.05) is 69.9 Å². The minimum absolute atomic E-state index is 1.13. The van der Waals surface area contributed by atoms with E-state index in [0.29, 0.717) is 0 Å². The minimum atomic E-state index is 1.13. The number of anilines is 12. The Morgan fingerprint density at radius 3 is 0.602 bits per heavy atom. The molecule has 0 fully saturated rings. The number of thiophene rings is 8. The summed E-state index contributed by atoms with van der Waals surface area (Å²) in [5.74, 6) is 0. The van der Waals surface area contributed by atoms with Crippen molar-refractivity contribution in [1.29, 1.82) is 0 Å². The zero-order valence-corrected chi connectivity index (χ0v) is 69.9. The first-order valence-corrected chi connectivity index (χ1v) is 44.1. The lowest BCUT2D eigenvalue weighted by Gasteiger charge is -2.38. The molecule has 20 aromatic rings. The standard InChI is InChI=1S/C96H78N4S8/c1-47-37-63-21-29-105-93(63)59(13)89(47)97(85-51(5)41-79-67(55(85)9)25-33-101-79)75-45-76(98(86-52(6)42-80-68(56(86)10)26-34-102-80)90-48(2)38-64-22-30-106-94(64)60(90)14)72-19-20-74-78(100(88-54(8)44-82-70(58(88)12)28-36-104-82)92-50(4)40-66-24-32-108-96(66)62(92)16)46-77(73-18-17-71(75)83(72)84(73)74)99(87-53(7)43-81-69(57(87)11)27-35-103-81)91-49(3)39-65-23-31-107-95(65)61(91)15/h17-46H,1-16H3. The Labute approximate surface area is 661 Å². The number of rotatable bonds is 12. The molecule has 4 nitrogen and oxygen atoms in total. The molecule has 8 aromatic heterocycles. The lowest BCUT2D eigenvalue weighted by molar-refractivity contribution is 1.19. The molecule has 20 rings (SSSR count). The number of fused-ring (bicyclic) bond motifs is 8. The van der Waals surface area contributed by atoms with Crippen LogP contribution in [0, 0.1) is 111 Å². The largest absolute Gasteiger partial charge is 0.309 e. The molecule has 8 heterocycles. The van der Waals surface area contributed by atoms with Crippen LogP contribution in [0.3, 0.4) is 0 Å². The second-order valence-corrected chi connectivity index (χ2v) is 37.7. The summed E-state index contributed by atoms with van der Waals surface area (Å²) in [6.07, 6.45) is 0. The zero-order valence-electron chi connectivity index (χ0n) is 63.4. The van der Waals surface area contributed by atoms with Crippen molar-refractivity contribution in [2.24, 2.45) is 0 Å². The van der Waals surface area contributed by atoms with Crippen LogP contribution in [0.1, 0.15) is 89.0 Å². The van der Waals surface area contributed by atoms with E-state index in [0.717, 1.165) is 22.7 Å². The molecule has 0 radical (unpaired) electrons. The van der Waals surface area contributed by atoms with Crippen LogP contribution in [0.25, 0.3) is 113 Å². The summed E-state index contributed by atoms with van der Waals surface area (Å²) in [6.45, 7) is 38.0. The van der Waals surface area contributed by atoms with Crippen molar-refractivity contribution in [1.82, 2.24) is 0 Å². The molecule has 0 aliphatic rings. The number of hydrogen-bond acceptors (Lipinski definition) is 12.